The van der Waals surface area contributed by atoms with Crippen LogP contribution in [0.2, 0.25) is 0 Å². The lowest BCUT2D eigenvalue weighted by Gasteiger charge is -2.39. The molecule has 2 saturated heterocycles. The van der Waals surface area contributed by atoms with Crippen LogP contribution < -0.4 is 5.32 Å². The minimum atomic E-state index is -0.821. The standard InChI is InChI=1S/C8H13NO4/c1-4-6-8(2,3-5(10)12-4)9-7(11)13-6/h4-6,10H,3H2,1-2H3,(H,9,11)/t4-,5?,6-,8+/m0/s1. The van der Waals surface area contributed by atoms with Crippen molar-refractivity contribution in [1.82, 2.24) is 5.32 Å². The monoisotopic (exact) mass is 187 g/mol. The van der Waals surface area contributed by atoms with Crippen molar-refractivity contribution in [2.24, 2.45) is 0 Å². The maximum absolute atomic E-state index is 11.0. The summed E-state index contributed by atoms with van der Waals surface area (Å²) in [5.41, 5.74) is -0.492. The molecule has 0 aromatic carbocycles. The van der Waals surface area contributed by atoms with Crippen LogP contribution in [0.3, 0.4) is 0 Å². The number of nitrogens with one attached hydrogen (secondary N) is 1. The molecule has 2 aliphatic rings. The first kappa shape index (κ1) is 8.77. The predicted octanol–water partition coefficient (Wildman–Crippen LogP) is -0.0193. The van der Waals surface area contributed by atoms with Gasteiger partial charge in [0, 0.05) is 6.42 Å². The molecule has 0 saturated carbocycles. The Morgan fingerprint density at radius 3 is 3.08 bits per heavy atom. The Labute approximate surface area is 76.0 Å². The first-order valence-electron chi connectivity index (χ1n) is 4.33. The highest BCUT2D eigenvalue weighted by atomic mass is 16.6. The van der Waals surface area contributed by atoms with Crippen molar-refractivity contribution in [3.63, 3.8) is 0 Å². The van der Waals surface area contributed by atoms with Gasteiger partial charge in [-0.3, -0.25) is 0 Å². The van der Waals surface area contributed by atoms with E-state index in [2.05, 4.69) is 5.32 Å². The van der Waals surface area contributed by atoms with E-state index in [1.54, 1.807) is 6.92 Å². The molecule has 0 aromatic heterocycles. The lowest BCUT2D eigenvalue weighted by atomic mass is 9.86. The average molecular weight is 187 g/mol. The number of ether oxygens (including phenoxy) is 2. The molecule has 74 valence electrons. The van der Waals surface area contributed by atoms with Gasteiger partial charge in [-0.05, 0) is 13.8 Å². The van der Waals surface area contributed by atoms with Crippen LogP contribution in [-0.2, 0) is 9.47 Å². The Morgan fingerprint density at radius 2 is 2.38 bits per heavy atom. The number of amides is 1. The van der Waals surface area contributed by atoms with E-state index in [4.69, 9.17) is 9.47 Å². The quantitative estimate of drug-likeness (QED) is 0.559. The maximum Gasteiger partial charge on any atom is 0.408 e. The van der Waals surface area contributed by atoms with Crippen LogP contribution in [-0.4, -0.2) is 35.2 Å². The zero-order valence-electron chi connectivity index (χ0n) is 7.61. The van der Waals surface area contributed by atoms with E-state index in [1.807, 2.05) is 6.92 Å². The third-order valence-electron chi connectivity index (χ3n) is 2.65. The zero-order chi connectivity index (χ0) is 9.64. The largest absolute Gasteiger partial charge is 0.441 e. The van der Waals surface area contributed by atoms with E-state index in [0.717, 1.165) is 0 Å². The van der Waals surface area contributed by atoms with Gasteiger partial charge in [0.25, 0.3) is 0 Å². The van der Waals surface area contributed by atoms with Crippen molar-refractivity contribution in [2.45, 2.75) is 44.3 Å². The van der Waals surface area contributed by atoms with Crippen LogP contribution in [0.5, 0.6) is 0 Å². The van der Waals surface area contributed by atoms with Crippen molar-refractivity contribution in [3.8, 4) is 0 Å². The Balaban J connectivity index is 2.23. The topological polar surface area (TPSA) is 67.8 Å². The number of carbonyl (C=O) groups is 1. The molecule has 5 nitrogen and oxygen atoms in total. The molecule has 13 heavy (non-hydrogen) atoms. The van der Waals surface area contributed by atoms with Crippen molar-refractivity contribution >= 4 is 6.09 Å². The zero-order valence-corrected chi connectivity index (χ0v) is 7.61. The summed E-state index contributed by atoms with van der Waals surface area (Å²) < 4.78 is 10.2. The van der Waals surface area contributed by atoms with Gasteiger partial charge in [0.15, 0.2) is 12.4 Å². The van der Waals surface area contributed by atoms with Gasteiger partial charge in [0.1, 0.15) is 0 Å². The van der Waals surface area contributed by atoms with Gasteiger partial charge in [-0.2, -0.15) is 0 Å². The molecule has 2 fully saturated rings. The van der Waals surface area contributed by atoms with Gasteiger partial charge in [0.2, 0.25) is 0 Å². The molecular formula is C8H13NO4. The van der Waals surface area contributed by atoms with Crippen LogP contribution in [0.25, 0.3) is 0 Å². The van der Waals surface area contributed by atoms with Crippen molar-refractivity contribution in [1.29, 1.82) is 0 Å². The summed E-state index contributed by atoms with van der Waals surface area (Å²) in [7, 11) is 0. The Kier molecular flexibility index (Phi) is 1.75. The molecule has 1 amide bonds. The highest BCUT2D eigenvalue weighted by molar-refractivity contribution is 5.71. The predicted molar refractivity (Wildman–Crippen MR) is 43.0 cm³/mol. The number of aliphatic hydroxyl groups is 1. The summed E-state index contributed by atoms with van der Waals surface area (Å²) in [6.07, 6.45) is -1.46. The van der Waals surface area contributed by atoms with Crippen molar-refractivity contribution < 1.29 is 19.4 Å². The van der Waals surface area contributed by atoms with Gasteiger partial charge in [0.05, 0.1) is 11.6 Å². The van der Waals surface area contributed by atoms with Gasteiger partial charge in [-0.15, -0.1) is 0 Å². The molecule has 2 N–H and O–H groups in total. The second kappa shape index (κ2) is 2.59. The third-order valence-corrected chi connectivity index (χ3v) is 2.65. The highest BCUT2D eigenvalue weighted by Gasteiger charge is 2.52. The minimum absolute atomic E-state index is 0.271. The first-order valence-corrected chi connectivity index (χ1v) is 4.33. The van der Waals surface area contributed by atoms with Crippen LogP contribution in [0, 0.1) is 0 Å². The Hall–Kier alpha value is -0.810. The lowest BCUT2D eigenvalue weighted by Crippen LogP contribution is -2.57. The molecule has 0 bridgehead atoms. The summed E-state index contributed by atoms with van der Waals surface area (Å²) in [5.74, 6) is 0. The first-order chi connectivity index (χ1) is 6.01. The molecule has 0 aromatic rings. The number of alkyl carbamates (subject to hydrolysis) is 1. The second-order valence-corrected chi connectivity index (χ2v) is 3.87. The number of hydrogen-bond donors (Lipinski definition) is 2. The van der Waals surface area contributed by atoms with E-state index in [0.29, 0.717) is 6.42 Å². The fourth-order valence-corrected chi connectivity index (χ4v) is 2.09. The maximum atomic E-state index is 11.0. The number of fused-ring (bicyclic) bond motifs is 1. The van der Waals surface area contributed by atoms with Gasteiger partial charge in [-0.25, -0.2) is 4.79 Å². The lowest BCUT2D eigenvalue weighted by molar-refractivity contribution is -0.205. The minimum Gasteiger partial charge on any atom is -0.441 e. The van der Waals surface area contributed by atoms with Gasteiger partial charge >= 0.3 is 6.09 Å². The van der Waals surface area contributed by atoms with Crippen LogP contribution in [0.4, 0.5) is 4.79 Å². The van der Waals surface area contributed by atoms with E-state index in [1.165, 1.54) is 0 Å². The summed E-state index contributed by atoms with van der Waals surface area (Å²) in [5, 5.41) is 12.0. The molecule has 2 aliphatic heterocycles. The van der Waals surface area contributed by atoms with E-state index >= 15 is 0 Å². The molecule has 0 radical (unpaired) electrons. The van der Waals surface area contributed by atoms with Crippen LogP contribution in [0.15, 0.2) is 0 Å². The molecule has 0 aliphatic carbocycles. The van der Waals surface area contributed by atoms with Gasteiger partial charge < -0.3 is 19.9 Å². The molecule has 2 rings (SSSR count). The van der Waals surface area contributed by atoms with Gasteiger partial charge in [-0.1, -0.05) is 0 Å². The van der Waals surface area contributed by atoms with Crippen LogP contribution in [0.1, 0.15) is 20.3 Å². The van der Waals surface area contributed by atoms with Crippen LogP contribution >= 0.6 is 0 Å². The molecular weight excluding hydrogens is 174 g/mol. The summed E-state index contributed by atoms with van der Waals surface area (Å²) >= 11 is 0. The molecule has 5 heteroatoms. The second-order valence-electron chi connectivity index (χ2n) is 3.87. The average Bonchev–Trinajstić information content (AvgIpc) is 2.23. The smallest absolute Gasteiger partial charge is 0.408 e. The number of hydrogen-bond acceptors (Lipinski definition) is 4. The van der Waals surface area contributed by atoms with Crippen molar-refractivity contribution in [3.05, 3.63) is 0 Å². The summed E-state index contributed by atoms with van der Waals surface area (Å²) in [6, 6.07) is 0. The fraction of sp³-hybridized carbons (Fsp3) is 0.875. The summed E-state index contributed by atoms with van der Waals surface area (Å²) in [4.78, 5) is 11.0. The normalized spacial score (nSPS) is 49.5. The highest BCUT2D eigenvalue weighted by Crippen LogP contribution is 2.34. The summed E-state index contributed by atoms with van der Waals surface area (Å²) in [6.45, 7) is 3.64. The molecule has 1 unspecified atom stereocenters. The number of carbonyl (C=O) groups excluding carboxylic acids is 1. The van der Waals surface area contributed by atoms with E-state index in [-0.39, 0.29) is 12.2 Å². The van der Waals surface area contributed by atoms with E-state index in [9.17, 15) is 9.90 Å². The van der Waals surface area contributed by atoms with E-state index < -0.39 is 17.9 Å². The molecule has 2 heterocycles. The molecule has 0 spiro atoms. The Morgan fingerprint density at radius 1 is 1.69 bits per heavy atom. The Bertz CT molecular complexity index is 244. The number of aliphatic hydroxyl groups excluding tert-OH is 1. The SMILES string of the molecule is C[C@@H]1OC(O)C[C@@]2(C)NC(=O)O[C@@H]12. The fourth-order valence-electron chi connectivity index (χ4n) is 2.09. The van der Waals surface area contributed by atoms with Crippen molar-refractivity contribution in [2.75, 3.05) is 0 Å². The number of rotatable bonds is 0. The third kappa shape index (κ3) is 1.28. The molecule has 4 atom stereocenters.